The minimum atomic E-state index is -0.563. The fourth-order valence-electron chi connectivity index (χ4n) is 3.70. The van der Waals surface area contributed by atoms with Gasteiger partial charge in [-0.15, -0.1) is 0 Å². The Balaban J connectivity index is 1.89. The number of carbonyl (C=O) groups is 1. The van der Waals surface area contributed by atoms with Crippen molar-refractivity contribution in [1.82, 2.24) is 18.7 Å². The van der Waals surface area contributed by atoms with Crippen LogP contribution in [0.2, 0.25) is 0 Å². The zero-order valence-electron chi connectivity index (χ0n) is 19.1. The number of ketones is 1. The SMILES string of the molecule is COCCn1c(=O)c2c(ncn2CC(=O)c2cccc(OC)c2)n(-c2cccc(OC)c2)c1=O. The van der Waals surface area contributed by atoms with E-state index < -0.39 is 11.2 Å². The maximum atomic E-state index is 13.3. The second kappa shape index (κ2) is 9.75. The molecule has 2 aromatic heterocycles. The molecule has 0 amide bonds. The molecule has 0 unspecified atom stereocenters. The minimum absolute atomic E-state index is 0.0447. The monoisotopic (exact) mass is 464 g/mol. The van der Waals surface area contributed by atoms with E-state index >= 15 is 0 Å². The summed E-state index contributed by atoms with van der Waals surface area (Å²) >= 11 is 0. The number of methoxy groups -OCH3 is 3. The van der Waals surface area contributed by atoms with Crippen LogP contribution in [-0.4, -0.2) is 52.4 Å². The number of Topliss-reactive ketones (excluding diaryl/α,β-unsaturated/α-hetero) is 1. The first kappa shape index (κ1) is 23.0. The maximum Gasteiger partial charge on any atom is 0.337 e. The Morgan fingerprint density at radius 3 is 2.38 bits per heavy atom. The molecular weight excluding hydrogens is 440 g/mol. The Labute approximate surface area is 194 Å². The Kier molecular flexibility index (Phi) is 6.60. The maximum absolute atomic E-state index is 13.3. The molecule has 0 fully saturated rings. The predicted molar refractivity (Wildman–Crippen MR) is 125 cm³/mol. The highest BCUT2D eigenvalue weighted by atomic mass is 16.5. The predicted octanol–water partition coefficient (Wildman–Crippen LogP) is 1.90. The molecule has 10 heteroatoms. The van der Waals surface area contributed by atoms with E-state index in [0.29, 0.717) is 22.7 Å². The van der Waals surface area contributed by atoms with E-state index in [0.717, 1.165) is 4.57 Å². The molecule has 176 valence electrons. The molecule has 0 aliphatic rings. The van der Waals surface area contributed by atoms with Crippen molar-refractivity contribution in [2.75, 3.05) is 27.9 Å². The third-order valence-electron chi connectivity index (χ3n) is 5.44. The van der Waals surface area contributed by atoms with Crippen LogP contribution in [0.25, 0.3) is 16.9 Å². The average Bonchev–Trinajstić information content (AvgIpc) is 3.27. The lowest BCUT2D eigenvalue weighted by Crippen LogP contribution is -2.41. The summed E-state index contributed by atoms with van der Waals surface area (Å²) in [6.07, 6.45) is 1.39. The largest absolute Gasteiger partial charge is 0.497 e. The molecular formula is C24H24N4O6. The van der Waals surface area contributed by atoms with E-state index in [1.165, 1.54) is 36.8 Å². The lowest BCUT2D eigenvalue weighted by atomic mass is 10.1. The highest BCUT2D eigenvalue weighted by Gasteiger charge is 2.21. The third kappa shape index (κ3) is 4.23. The topological polar surface area (TPSA) is 107 Å². The van der Waals surface area contributed by atoms with Crippen molar-refractivity contribution in [3.63, 3.8) is 0 Å². The number of hydrogen-bond donors (Lipinski definition) is 0. The van der Waals surface area contributed by atoms with Crippen LogP contribution < -0.4 is 20.7 Å². The zero-order valence-corrected chi connectivity index (χ0v) is 19.1. The molecule has 0 saturated carbocycles. The van der Waals surface area contributed by atoms with Crippen LogP contribution >= 0.6 is 0 Å². The quantitative estimate of drug-likeness (QED) is 0.348. The standard InChI is InChI=1S/C24H24N4O6/c1-32-11-10-27-23(30)21-22(28(24(27)31)17-7-5-9-19(13-17)34-3)25-15-26(21)14-20(29)16-6-4-8-18(12-16)33-2/h4-9,12-13,15H,10-11,14H2,1-3H3. The summed E-state index contributed by atoms with van der Waals surface area (Å²) in [5, 5.41) is 0. The number of nitrogens with zero attached hydrogens (tertiary/aromatic N) is 4. The van der Waals surface area contributed by atoms with E-state index in [2.05, 4.69) is 4.98 Å². The van der Waals surface area contributed by atoms with E-state index in [-0.39, 0.29) is 36.6 Å². The molecule has 2 heterocycles. The van der Waals surface area contributed by atoms with Crippen molar-refractivity contribution >= 4 is 16.9 Å². The van der Waals surface area contributed by atoms with Crippen molar-refractivity contribution in [3.05, 3.63) is 81.3 Å². The van der Waals surface area contributed by atoms with Gasteiger partial charge in [0.25, 0.3) is 5.56 Å². The Hall–Kier alpha value is -4.18. The lowest BCUT2D eigenvalue weighted by Gasteiger charge is -2.13. The van der Waals surface area contributed by atoms with Gasteiger partial charge in [-0.25, -0.2) is 14.3 Å². The normalized spacial score (nSPS) is 11.0. The first-order valence-electron chi connectivity index (χ1n) is 10.5. The number of carbonyl (C=O) groups excluding carboxylic acids is 1. The van der Waals surface area contributed by atoms with Gasteiger partial charge in [0.2, 0.25) is 0 Å². The number of benzene rings is 2. The molecule has 0 radical (unpaired) electrons. The zero-order chi connectivity index (χ0) is 24.2. The summed E-state index contributed by atoms with van der Waals surface area (Å²) in [7, 11) is 4.53. The van der Waals surface area contributed by atoms with Gasteiger partial charge in [0.05, 0.1) is 45.9 Å². The second-order valence-electron chi connectivity index (χ2n) is 7.47. The van der Waals surface area contributed by atoms with Gasteiger partial charge >= 0.3 is 5.69 Å². The number of imidazole rings is 1. The molecule has 10 nitrogen and oxygen atoms in total. The van der Waals surface area contributed by atoms with Crippen molar-refractivity contribution in [2.45, 2.75) is 13.1 Å². The molecule has 2 aromatic carbocycles. The molecule has 0 atom stereocenters. The molecule has 0 bridgehead atoms. The number of aromatic nitrogens is 4. The molecule has 0 N–H and O–H groups in total. The van der Waals surface area contributed by atoms with Gasteiger partial charge in [0.15, 0.2) is 16.9 Å². The van der Waals surface area contributed by atoms with Crippen molar-refractivity contribution in [3.8, 4) is 17.2 Å². The smallest absolute Gasteiger partial charge is 0.337 e. The molecule has 0 saturated heterocycles. The van der Waals surface area contributed by atoms with Crippen LogP contribution in [0.3, 0.4) is 0 Å². The van der Waals surface area contributed by atoms with Gasteiger partial charge in [0.1, 0.15) is 11.5 Å². The number of hydrogen-bond acceptors (Lipinski definition) is 7. The molecule has 4 rings (SSSR count). The van der Waals surface area contributed by atoms with Crippen LogP contribution in [0.1, 0.15) is 10.4 Å². The van der Waals surface area contributed by atoms with Crippen LogP contribution in [0.15, 0.2) is 64.4 Å². The van der Waals surface area contributed by atoms with Gasteiger partial charge in [-0.3, -0.25) is 14.2 Å². The molecule has 4 aromatic rings. The fourth-order valence-corrected chi connectivity index (χ4v) is 3.70. The molecule has 0 aliphatic carbocycles. The first-order chi connectivity index (χ1) is 16.5. The highest BCUT2D eigenvalue weighted by Crippen LogP contribution is 2.19. The van der Waals surface area contributed by atoms with Gasteiger partial charge < -0.3 is 18.8 Å². The summed E-state index contributed by atoms with van der Waals surface area (Å²) in [5.41, 5.74) is 0.0800. The van der Waals surface area contributed by atoms with Gasteiger partial charge in [0, 0.05) is 18.7 Å². The number of ether oxygens (including phenoxy) is 3. The first-order valence-corrected chi connectivity index (χ1v) is 10.5. The summed E-state index contributed by atoms with van der Waals surface area (Å²) in [6, 6.07) is 13.6. The van der Waals surface area contributed by atoms with Gasteiger partial charge in [-0.05, 0) is 24.3 Å². The summed E-state index contributed by atoms with van der Waals surface area (Å²) < 4.78 is 19.4. The Bertz CT molecular complexity index is 1470. The Morgan fingerprint density at radius 1 is 0.971 bits per heavy atom. The van der Waals surface area contributed by atoms with E-state index in [1.807, 2.05) is 0 Å². The minimum Gasteiger partial charge on any atom is -0.497 e. The summed E-state index contributed by atoms with van der Waals surface area (Å²) in [4.78, 5) is 44.0. The lowest BCUT2D eigenvalue weighted by molar-refractivity contribution is 0.0973. The third-order valence-corrected chi connectivity index (χ3v) is 5.44. The van der Waals surface area contributed by atoms with E-state index in [9.17, 15) is 14.4 Å². The van der Waals surface area contributed by atoms with Crippen LogP contribution in [0, 0.1) is 0 Å². The molecule has 34 heavy (non-hydrogen) atoms. The molecule has 0 aliphatic heterocycles. The average molecular weight is 464 g/mol. The van der Waals surface area contributed by atoms with Crippen molar-refractivity contribution in [1.29, 1.82) is 0 Å². The number of rotatable bonds is 9. The van der Waals surface area contributed by atoms with Crippen LogP contribution in [0.5, 0.6) is 11.5 Å². The fraction of sp³-hybridized carbons (Fsp3) is 0.250. The number of fused-ring (bicyclic) bond motifs is 1. The van der Waals surface area contributed by atoms with E-state index in [4.69, 9.17) is 14.2 Å². The van der Waals surface area contributed by atoms with Crippen LogP contribution in [-0.2, 0) is 17.8 Å². The van der Waals surface area contributed by atoms with Crippen molar-refractivity contribution < 1.29 is 19.0 Å². The second-order valence-corrected chi connectivity index (χ2v) is 7.47. The van der Waals surface area contributed by atoms with Gasteiger partial charge in [-0.1, -0.05) is 18.2 Å². The van der Waals surface area contributed by atoms with Gasteiger partial charge in [-0.2, -0.15) is 0 Å². The summed E-state index contributed by atoms with van der Waals surface area (Å²) in [6.45, 7) is 0.0677. The molecule has 0 spiro atoms. The Morgan fingerprint density at radius 2 is 1.68 bits per heavy atom. The highest BCUT2D eigenvalue weighted by molar-refractivity contribution is 5.96. The summed E-state index contributed by atoms with van der Waals surface area (Å²) in [5.74, 6) is 0.857. The van der Waals surface area contributed by atoms with Crippen LogP contribution in [0.4, 0.5) is 0 Å². The van der Waals surface area contributed by atoms with Crippen molar-refractivity contribution in [2.24, 2.45) is 0 Å². The van der Waals surface area contributed by atoms with E-state index in [1.54, 1.807) is 48.5 Å².